The van der Waals surface area contributed by atoms with E-state index in [2.05, 4.69) is 5.32 Å². The number of phenolic OH excluding ortho intramolecular Hbond substituents is 1. The molecule has 3 rings (SSSR count). The van der Waals surface area contributed by atoms with Crippen LogP contribution in [0.25, 0.3) is 0 Å². The molecule has 0 atom stereocenters. The Balaban J connectivity index is 1.83. The molecule has 4 N–H and O–H groups in total. The van der Waals surface area contributed by atoms with Crippen LogP contribution in [-0.2, 0) is 6.42 Å². The van der Waals surface area contributed by atoms with Gasteiger partial charge < -0.3 is 16.2 Å². The fourth-order valence-corrected chi connectivity index (χ4v) is 2.51. The number of aromatic hydroxyl groups is 1. The number of benzene rings is 3. The van der Waals surface area contributed by atoms with E-state index in [1.165, 1.54) is 6.07 Å². The zero-order chi connectivity index (χ0) is 16.9. The molecule has 0 spiro atoms. The fourth-order valence-electron chi connectivity index (χ4n) is 2.51. The number of nitrogen functional groups attached to an aromatic ring is 1. The minimum atomic E-state index is -0.335. The van der Waals surface area contributed by atoms with Crippen LogP contribution in [0.1, 0.15) is 21.5 Å². The number of nitrogens with two attached hydrogens (primary N) is 1. The summed E-state index contributed by atoms with van der Waals surface area (Å²) in [7, 11) is 0. The van der Waals surface area contributed by atoms with Gasteiger partial charge in [-0.2, -0.15) is 0 Å². The number of anilines is 2. The van der Waals surface area contributed by atoms with Crippen molar-refractivity contribution in [3.05, 3.63) is 89.5 Å². The average molecular weight is 318 g/mol. The fraction of sp³-hybridized carbons (Fsp3) is 0.0500. The van der Waals surface area contributed by atoms with Crippen LogP contribution in [0.4, 0.5) is 11.4 Å². The zero-order valence-corrected chi connectivity index (χ0v) is 13.1. The normalized spacial score (nSPS) is 10.3. The van der Waals surface area contributed by atoms with Crippen molar-refractivity contribution in [1.29, 1.82) is 0 Å². The van der Waals surface area contributed by atoms with Gasteiger partial charge in [0.25, 0.3) is 5.91 Å². The number of hydrogen-bond donors (Lipinski definition) is 3. The lowest BCUT2D eigenvalue weighted by Gasteiger charge is -2.12. The van der Waals surface area contributed by atoms with Crippen LogP contribution >= 0.6 is 0 Å². The second-order valence-electron chi connectivity index (χ2n) is 5.55. The molecule has 120 valence electrons. The third-order valence-corrected chi connectivity index (χ3v) is 3.79. The maximum Gasteiger partial charge on any atom is 0.259 e. The van der Waals surface area contributed by atoms with Crippen molar-refractivity contribution in [3.63, 3.8) is 0 Å². The Hall–Kier alpha value is -3.27. The highest BCUT2D eigenvalue weighted by molar-refractivity contribution is 6.06. The monoisotopic (exact) mass is 318 g/mol. The van der Waals surface area contributed by atoms with E-state index in [4.69, 9.17) is 5.73 Å². The van der Waals surface area contributed by atoms with Crippen molar-refractivity contribution >= 4 is 17.3 Å². The van der Waals surface area contributed by atoms with E-state index in [0.29, 0.717) is 6.42 Å². The predicted octanol–water partition coefficient (Wildman–Crippen LogP) is 3.82. The van der Waals surface area contributed by atoms with Gasteiger partial charge in [-0.15, -0.1) is 0 Å². The van der Waals surface area contributed by atoms with Crippen LogP contribution in [-0.4, -0.2) is 11.0 Å². The minimum Gasteiger partial charge on any atom is -0.507 e. The molecular formula is C20H18N2O2. The van der Waals surface area contributed by atoms with Crippen LogP contribution in [0.3, 0.4) is 0 Å². The summed E-state index contributed by atoms with van der Waals surface area (Å²) >= 11 is 0. The maximum atomic E-state index is 12.4. The lowest BCUT2D eigenvalue weighted by Crippen LogP contribution is -2.13. The second kappa shape index (κ2) is 6.87. The molecule has 0 aliphatic heterocycles. The van der Waals surface area contributed by atoms with Crippen LogP contribution in [0.2, 0.25) is 0 Å². The summed E-state index contributed by atoms with van der Waals surface area (Å²) in [5.74, 6) is -0.371. The predicted molar refractivity (Wildman–Crippen MR) is 96.2 cm³/mol. The molecule has 0 fully saturated rings. The summed E-state index contributed by atoms with van der Waals surface area (Å²) in [6.45, 7) is 0. The smallest absolute Gasteiger partial charge is 0.259 e. The Morgan fingerprint density at radius 1 is 0.917 bits per heavy atom. The number of carbonyl (C=O) groups is 1. The third kappa shape index (κ3) is 3.55. The van der Waals surface area contributed by atoms with Gasteiger partial charge in [0.15, 0.2) is 0 Å². The number of hydrogen-bond acceptors (Lipinski definition) is 3. The Morgan fingerprint density at radius 3 is 2.33 bits per heavy atom. The number of rotatable bonds is 4. The molecule has 0 heterocycles. The number of phenols is 1. The van der Waals surface area contributed by atoms with Crippen molar-refractivity contribution in [2.24, 2.45) is 0 Å². The SMILES string of the molecule is Nc1ccc(Cc2ccccc2NC(=O)c2ccccc2O)cc1. The Labute approximate surface area is 140 Å². The molecule has 0 aliphatic rings. The highest BCUT2D eigenvalue weighted by Gasteiger charge is 2.12. The van der Waals surface area contributed by atoms with Crippen molar-refractivity contribution < 1.29 is 9.90 Å². The lowest BCUT2D eigenvalue weighted by atomic mass is 10.0. The summed E-state index contributed by atoms with van der Waals surface area (Å²) in [6, 6.07) is 21.8. The van der Waals surface area contributed by atoms with Gasteiger partial charge in [-0.05, 0) is 47.9 Å². The van der Waals surface area contributed by atoms with E-state index in [1.54, 1.807) is 18.2 Å². The molecule has 24 heavy (non-hydrogen) atoms. The third-order valence-electron chi connectivity index (χ3n) is 3.79. The van der Waals surface area contributed by atoms with Gasteiger partial charge in [0.2, 0.25) is 0 Å². The van der Waals surface area contributed by atoms with Crippen LogP contribution in [0, 0.1) is 0 Å². The first-order valence-corrected chi connectivity index (χ1v) is 7.65. The van der Waals surface area contributed by atoms with Gasteiger partial charge in [-0.3, -0.25) is 4.79 Å². The lowest BCUT2D eigenvalue weighted by molar-refractivity contribution is 0.102. The van der Waals surface area contributed by atoms with Crippen LogP contribution < -0.4 is 11.1 Å². The van der Waals surface area contributed by atoms with Gasteiger partial charge in [0.05, 0.1) is 5.56 Å². The Bertz CT molecular complexity index is 858. The standard InChI is InChI=1S/C20H18N2O2/c21-16-11-9-14(10-12-16)13-15-5-1-3-7-18(15)22-20(24)17-6-2-4-8-19(17)23/h1-12,23H,13,21H2,(H,22,24). The number of para-hydroxylation sites is 2. The van der Waals surface area contributed by atoms with Crippen LogP contribution in [0.15, 0.2) is 72.8 Å². The molecule has 1 amide bonds. The highest BCUT2D eigenvalue weighted by Crippen LogP contribution is 2.22. The molecule has 4 nitrogen and oxygen atoms in total. The Kier molecular flexibility index (Phi) is 4.47. The molecular weight excluding hydrogens is 300 g/mol. The number of carbonyl (C=O) groups excluding carboxylic acids is 1. The van der Waals surface area contributed by atoms with Gasteiger partial charge in [-0.1, -0.05) is 42.5 Å². The molecule has 0 aliphatic carbocycles. The van der Waals surface area contributed by atoms with Gasteiger partial charge in [-0.25, -0.2) is 0 Å². The molecule has 0 unspecified atom stereocenters. The van der Waals surface area contributed by atoms with E-state index in [0.717, 1.165) is 22.5 Å². The number of amides is 1. The summed E-state index contributed by atoms with van der Waals surface area (Å²) in [5.41, 5.74) is 9.51. The summed E-state index contributed by atoms with van der Waals surface area (Å²) in [5, 5.41) is 12.7. The molecule has 0 saturated heterocycles. The first kappa shape index (κ1) is 15.6. The largest absolute Gasteiger partial charge is 0.507 e. The quantitative estimate of drug-likeness (QED) is 0.640. The molecule has 0 radical (unpaired) electrons. The van der Waals surface area contributed by atoms with Gasteiger partial charge in [0.1, 0.15) is 5.75 Å². The Morgan fingerprint density at radius 2 is 1.58 bits per heavy atom. The van der Waals surface area contributed by atoms with Crippen molar-refractivity contribution in [1.82, 2.24) is 0 Å². The summed E-state index contributed by atoms with van der Waals surface area (Å²) < 4.78 is 0. The molecule has 4 heteroatoms. The topological polar surface area (TPSA) is 75.3 Å². The first-order valence-electron chi connectivity index (χ1n) is 7.65. The molecule has 0 bridgehead atoms. The second-order valence-corrected chi connectivity index (χ2v) is 5.55. The molecule has 0 aromatic heterocycles. The van der Waals surface area contributed by atoms with Crippen molar-refractivity contribution in [2.75, 3.05) is 11.1 Å². The van der Waals surface area contributed by atoms with Crippen molar-refractivity contribution in [2.45, 2.75) is 6.42 Å². The molecule has 0 saturated carbocycles. The first-order chi connectivity index (χ1) is 11.6. The van der Waals surface area contributed by atoms with Crippen molar-refractivity contribution in [3.8, 4) is 5.75 Å². The number of nitrogens with one attached hydrogen (secondary N) is 1. The van der Waals surface area contributed by atoms with Gasteiger partial charge in [0, 0.05) is 11.4 Å². The summed E-state index contributed by atoms with van der Waals surface area (Å²) in [6.07, 6.45) is 0.678. The van der Waals surface area contributed by atoms with E-state index in [9.17, 15) is 9.90 Å². The van der Waals surface area contributed by atoms with Gasteiger partial charge >= 0.3 is 0 Å². The van der Waals surface area contributed by atoms with E-state index >= 15 is 0 Å². The summed E-state index contributed by atoms with van der Waals surface area (Å²) in [4.78, 5) is 12.4. The minimum absolute atomic E-state index is 0.0361. The highest BCUT2D eigenvalue weighted by atomic mass is 16.3. The van der Waals surface area contributed by atoms with E-state index in [-0.39, 0.29) is 17.2 Å². The van der Waals surface area contributed by atoms with Crippen LogP contribution in [0.5, 0.6) is 5.75 Å². The average Bonchev–Trinajstić information content (AvgIpc) is 2.59. The zero-order valence-electron chi connectivity index (χ0n) is 13.1. The van der Waals surface area contributed by atoms with E-state index < -0.39 is 0 Å². The van der Waals surface area contributed by atoms with E-state index in [1.807, 2.05) is 48.5 Å². The maximum absolute atomic E-state index is 12.4. The molecule has 3 aromatic carbocycles. The molecule has 3 aromatic rings.